The number of para-hydroxylation sites is 1. The van der Waals surface area contributed by atoms with Crippen LogP contribution in [0.5, 0.6) is 0 Å². The molecule has 4 nitrogen and oxygen atoms in total. The second-order valence-corrected chi connectivity index (χ2v) is 8.15. The van der Waals surface area contributed by atoms with Crippen LogP contribution in [0.25, 0.3) is 10.9 Å². The highest BCUT2D eigenvalue weighted by atomic mass is 16.5. The van der Waals surface area contributed by atoms with Crippen molar-refractivity contribution in [2.75, 3.05) is 26.3 Å². The predicted octanol–water partition coefficient (Wildman–Crippen LogP) is 3.69. The zero-order valence-electron chi connectivity index (χ0n) is 14.8. The van der Waals surface area contributed by atoms with E-state index in [1.165, 1.54) is 35.9 Å². The molecule has 5 rings (SSSR count). The van der Waals surface area contributed by atoms with Crippen molar-refractivity contribution in [3.63, 3.8) is 0 Å². The minimum Gasteiger partial charge on any atom is -0.381 e. The summed E-state index contributed by atoms with van der Waals surface area (Å²) >= 11 is 0. The number of piperidine rings is 1. The number of hydrogen-bond acceptors (Lipinski definition) is 2. The highest BCUT2D eigenvalue weighted by Crippen LogP contribution is 2.38. The van der Waals surface area contributed by atoms with Crippen LogP contribution in [0.15, 0.2) is 18.2 Å². The maximum Gasteiger partial charge on any atom is 0.256 e. The number of benzene rings is 1. The van der Waals surface area contributed by atoms with Crippen molar-refractivity contribution >= 4 is 16.8 Å². The minimum atomic E-state index is 0.190. The van der Waals surface area contributed by atoms with Crippen molar-refractivity contribution in [1.82, 2.24) is 9.88 Å². The summed E-state index contributed by atoms with van der Waals surface area (Å²) in [5.41, 5.74) is 4.90. The summed E-state index contributed by atoms with van der Waals surface area (Å²) in [5.74, 6) is 0.190. The SMILES string of the molecule is O=C(c1cccc2c3c([nH]c12)CCCC3)N1CCC[C@]2(CCOC2)C1. The molecule has 2 aliphatic heterocycles. The van der Waals surface area contributed by atoms with Crippen molar-refractivity contribution in [3.05, 3.63) is 35.0 Å². The lowest BCUT2D eigenvalue weighted by molar-refractivity contribution is 0.0464. The maximum atomic E-state index is 13.3. The molecule has 4 heteroatoms. The number of aryl methyl sites for hydroxylation is 2. The van der Waals surface area contributed by atoms with Gasteiger partial charge in [0.05, 0.1) is 17.7 Å². The van der Waals surface area contributed by atoms with E-state index >= 15 is 0 Å². The molecule has 0 saturated carbocycles. The lowest BCUT2D eigenvalue weighted by Gasteiger charge is -2.39. The van der Waals surface area contributed by atoms with Crippen LogP contribution in [0, 0.1) is 5.41 Å². The molecule has 2 aromatic rings. The van der Waals surface area contributed by atoms with Gasteiger partial charge in [-0.2, -0.15) is 0 Å². The Kier molecular flexibility index (Phi) is 3.63. The summed E-state index contributed by atoms with van der Waals surface area (Å²) in [4.78, 5) is 19.0. The van der Waals surface area contributed by atoms with Crippen LogP contribution in [-0.4, -0.2) is 42.1 Å². The Labute approximate surface area is 148 Å². The molecule has 3 heterocycles. The molecule has 132 valence electrons. The van der Waals surface area contributed by atoms with Crippen molar-refractivity contribution in [1.29, 1.82) is 0 Å². The van der Waals surface area contributed by atoms with Gasteiger partial charge in [0.1, 0.15) is 0 Å². The number of rotatable bonds is 1. The summed E-state index contributed by atoms with van der Waals surface area (Å²) in [6.07, 6.45) is 8.13. The second-order valence-electron chi connectivity index (χ2n) is 8.15. The third-order valence-electron chi connectivity index (χ3n) is 6.50. The van der Waals surface area contributed by atoms with Gasteiger partial charge in [0.15, 0.2) is 0 Å². The van der Waals surface area contributed by atoms with E-state index in [9.17, 15) is 4.79 Å². The quantitative estimate of drug-likeness (QED) is 0.862. The molecule has 0 radical (unpaired) electrons. The normalized spacial score (nSPS) is 26.3. The average molecular weight is 338 g/mol. The molecular weight excluding hydrogens is 312 g/mol. The largest absolute Gasteiger partial charge is 0.381 e. The van der Waals surface area contributed by atoms with Crippen molar-refractivity contribution in [2.45, 2.75) is 44.9 Å². The Morgan fingerprint density at radius 1 is 1.16 bits per heavy atom. The van der Waals surface area contributed by atoms with E-state index in [2.05, 4.69) is 22.0 Å². The van der Waals surface area contributed by atoms with Gasteiger partial charge in [0, 0.05) is 36.2 Å². The lowest BCUT2D eigenvalue weighted by Crippen LogP contribution is -2.46. The van der Waals surface area contributed by atoms with Gasteiger partial charge in [0.25, 0.3) is 5.91 Å². The minimum absolute atomic E-state index is 0.190. The van der Waals surface area contributed by atoms with Crippen LogP contribution < -0.4 is 0 Å². The topological polar surface area (TPSA) is 45.3 Å². The second kappa shape index (κ2) is 5.87. The van der Waals surface area contributed by atoms with E-state index in [-0.39, 0.29) is 11.3 Å². The van der Waals surface area contributed by atoms with Crippen LogP contribution in [0.2, 0.25) is 0 Å². The molecule has 0 unspecified atom stereocenters. The zero-order valence-corrected chi connectivity index (χ0v) is 14.8. The van der Waals surface area contributed by atoms with Gasteiger partial charge < -0.3 is 14.6 Å². The molecule has 2 fully saturated rings. The van der Waals surface area contributed by atoms with Gasteiger partial charge in [-0.15, -0.1) is 0 Å². The first-order valence-electron chi connectivity index (χ1n) is 9.75. The van der Waals surface area contributed by atoms with Crippen LogP contribution in [0.1, 0.15) is 53.7 Å². The number of carbonyl (C=O) groups is 1. The van der Waals surface area contributed by atoms with Crippen LogP contribution in [0.3, 0.4) is 0 Å². The van der Waals surface area contributed by atoms with Gasteiger partial charge in [-0.05, 0) is 56.6 Å². The molecule has 1 aliphatic carbocycles. The third-order valence-corrected chi connectivity index (χ3v) is 6.50. The molecule has 1 aromatic heterocycles. The lowest BCUT2D eigenvalue weighted by atomic mass is 9.79. The van der Waals surface area contributed by atoms with Gasteiger partial charge >= 0.3 is 0 Å². The Morgan fingerprint density at radius 3 is 2.96 bits per heavy atom. The highest BCUT2D eigenvalue weighted by Gasteiger charge is 2.40. The number of amides is 1. The van der Waals surface area contributed by atoms with Crippen LogP contribution in [-0.2, 0) is 17.6 Å². The summed E-state index contributed by atoms with van der Waals surface area (Å²) in [6, 6.07) is 6.23. The Hall–Kier alpha value is -1.81. The van der Waals surface area contributed by atoms with Gasteiger partial charge in [0.2, 0.25) is 0 Å². The smallest absolute Gasteiger partial charge is 0.256 e. The van der Waals surface area contributed by atoms with Crippen LogP contribution >= 0.6 is 0 Å². The molecule has 1 aromatic carbocycles. The number of fused-ring (bicyclic) bond motifs is 3. The molecule has 1 amide bonds. The molecule has 0 bridgehead atoms. The van der Waals surface area contributed by atoms with Crippen LogP contribution in [0.4, 0.5) is 0 Å². The Balaban J connectivity index is 1.50. The molecule has 2 saturated heterocycles. The van der Waals surface area contributed by atoms with Gasteiger partial charge in [-0.3, -0.25) is 4.79 Å². The van der Waals surface area contributed by atoms with E-state index in [4.69, 9.17) is 4.74 Å². The first-order chi connectivity index (χ1) is 12.3. The molecule has 25 heavy (non-hydrogen) atoms. The Morgan fingerprint density at radius 2 is 2.08 bits per heavy atom. The number of nitrogens with one attached hydrogen (secondary N) is 1. The van der Waals surface area contributed by atoms with Gasteiger partial charge in [-0.1, -0.05) is 12.1 Å². The number of likely N-dealkylation sites (tertiary alicyclic amines) is 1. The van der Waals surface area contributed by atoms with E-state index in [0.717, 1.165) is 63.1 Å². The highest BCUT2D eigenvalue weighted by molar-refractivity contribution is 6.06. The summed E-state index contributed by atoms with van der Waals surface area (Å²) in [6.45, 7) is 3.39. The maximum absolute atomic E-state index is 13.3. The fourth-order valence-corrected chi connectivity index (χ4v) is 5.13. The first-order valence-corrected chi connectivity index (χ1v) is 9.75. The first kappa shape index (κ1) is 15.4. The summed E-state index contributed by atoms with van der Waals surface area (Å²) in [7, 11) is 0. The summed E-state index contributed by atoms with van der Waals surface area (Å²) < 4.78 is 5.65. The molecule has 1 spiro atoms. The fourth-order valence-electron chi connectivity index (χ4n) is 5.13. The number of ether oxygens (including phenoxy) is 1. The number of H-pyrrole nitrogens is 1. The number of hydrogen-bond donors (Lipinski definition) is 1. The molecular formula is C21H26N2O2. The van der Waals surface area contributed by atoms with Crippen molar-refractivity contribution in [3.8, 4) is 0 Å². The molecule has 1 atom stereocenters. The summed E-state index contributed by atoms with van der Waals surface area (Å²) in [5, 5.41) is 1.26. The van der Waals surface area contributed by atoms with E-state index in [0.29, 0.717) is 0 Å². The third kappa shape index (κ3) is 2.50. The van der Waals surface area contributed by atoms with E-state index in [1.54, 1.807) is 0 Å². The van der Waals surface area contributed by atoms with Crippen molar-refractivity contribution < 1.29 is 9.53 Å². The average Bonchev–Trinajstić information content (AvgIpc) is 3.25. The standard InChI is InChI=1S/C21H26N2O2/c24-20(23-11-4-9-21(13-23)10-12-25-14-21)17-7-3-6-16-15-5-1-2-8-18(15)22-19(16)17/h3,6-7,22H,1-2,4-5,8-14H2/t21-/m0/s1. The van der Waals surface area contributed by atoms with E-state index < -0.39 is 0 Å². The molecule has 3 aliphatic rings. The van der Waals surface area contributed by atoms with E-state index in [1.807, 2.05) is 6.07 Å². The zero-order chi connectivity index (χ0) is 16.9. The monoisotopic (exact) mass is 338 g/mol. The number of nitrogens with zero attached hydrogens (tertiary/aromatic N) is 1. The Bertz CT molecular complexity index is 817. The number of aromatic amines is 1. The molecule has 1 N–H and O–H groups in total. The fraction of sp³-hybridized carbons (Fsp3) is 0.571. The predicted molar refractivity (Wildman–Crippen MR) is 97.9 cm³/mol. The van der Waals surface area contributed by atoms with Gasteiger partial charge in [-0.25, -0.2) is 0 Å². The van der Waals surface area contributed by atoms with Crippen molar-refractivity contribution in [2.24, 2.45) is 5.41 Å². The number of carbonyl (C=O) groups excluding carboxylic acids is 1. The number of aromatic nitrogens is 1.